The highest BCUT2D eigenvalue weighted by atomic mass is 35.5. The number of amidine groups is 1. The summed E-state index contributed by atoms with van der Waals surface area (Å²) in [6.45, 7) is 2.10. The van der Waals surface area contributed by atoms with Gasteiger partial charge in [0.05, 0.1) is 6.54 Å². The number of halogens is 2. The minimum absolute atomic E-state index is 0.0257. The number of nitrogens with zero attached hydrogens (tertiary/aromatic N) is 3. The van der Waals surface area contributed by atoms with E-state index >= 15 is 0 Å². The number of fused-ring (bicyclic) bond motifs is 1. The van der Waals surface area contributed by atoms with Gasteiger partial charge in [-0.05, 0) is 44.1 Å². The fourth-order valence-corrected chi connectivity index (χ4v) is 3.79. The van der Waals surface area contributed by atoms with E-state index in [1.54, 1.807) is 6.07 Å². The molecule has 1 aliphatic rings. The first-order valence-electron chi connectivity index (χ1n) is 9.63. The van der Waals surface area contributed by atoms with Crippen molar-refractivity contribution in [3.8, 4) is 0 Å². The van der Waals surface area contributed by atoms with Gasteiger partial charge in [0.2, 0.25) is 0 Å². The lowest BCUT2D eigenvalue weighted by atomic mass is 10.1. The summed E-state index contributed by atoms with van der Waals surface area (Å²) in [7, 11) is 1.95. The number of rotatable bonds is 5. The second-order valence-electron chi connectivity index (χ2n) is 7.34. The Balaban J connectivity index is 1.55. The average molecular weight is 417 g/mol. The van der Waals surface area contributed by atoms with Crippen molar-refractivity contribution in [2.24, 2.45) is 17.9 Å². The average Bonchev–Trinajstić information content (AvgIpc) is 3.11. The van der Waals surface area contributed by atoms with E-state index in [1.165, 1.54) is 6.07 Å². The van der Waals surface area contributed by atoms with Gasteiger partial charge in [-0.1, -0.05) is 16.8 Å². The largest absolute Gasteiger partial charge is 0.391 e. The zero-order chi connectivity index (χ0) is 20.4. The van der Waals surface area contributed by atoms with Crippen molar-refractivity contribution in [2.75, 3.05) is 13.1 Å². The molecule has 6 nitrogen and oxygen atoms in total. The van der Waals surface area contributed by atoms with Crippen molar-refractivity contribution in [1.29, 1.82) is 0 Å². The van der Waals surface area contributed by atoms with E-state index < -0.39 is 5.82 Å². The SMILES string of the molecule is C[n+]1ccc2ccn(Cc3c(F)cc(C(N)=NOC4CCNCC4)cc3Cl)c2c1. The molecule has 0 atom stereocenters. The first kappa shape index (κ1) is 19.7. The second kappa shape index (κ2) is 8.39. The van der Waals surface area contributed by atoms with Gasteiger partial charge in [0, 0.05) is 33.8 Å². The van der Waals surface area contributed by atoms with Crippen LogP contribution in [0, 0.1) is 5.82 Å². The zero-order valence-electron chi connectivity index (χ0n) is 16.2. The normalized spacial score (nSPS) is 15.8. The molecule has 4 rings (SSSR count). The molecule has 29 heavy (non-hydrogen) atoms. The molecule has 0 bridgehead atoms. The van der Waals surface area contributed by atoms with Crippen molar-refractivity contribution in [3.63, 3.8) is 0 Å². The van der Waals surface area contributed by atoms with Gasteiger partial charge in [0.1, 0.15) is 24.5 Å². The number of piperidine rings is 1. The topological polar surface area (TPSA) is 68.5 Å². The third kappa shape index (κ3) is 4.36. The molecular formula is C21H24ClFN5O+. The molecule has 0 aliphatic carbocycles. The molecule has 8 heteroatoms. The van der Waals surface area contributed by atoms with Crippen LogP contribution in [0.3, 0.4) is 0 Å². The quantitative estimate of drug-likeness (QED) is 0.291. The number of hydrogen-bond acceptors (Lipinski definition) is 3. The number of aryl methyl sites for hydroxylation is 1. The van der Waals surface area contributed by atoms with Gasteiger partial charge in [-0.25, -0.2) is 8.96 Å². The van der Waals surface area contributed by atoms with Crippen LogP contribution in [0.4, 0.5) is 4.39 Å². The summed E-state index contributed by atoms with van der Waals surface area (Å²) in [5.74, 6) is -0.302. The van der Waals surface area contributed by atoms with Crippen LogP contribution in [-0.2, 0) is 18.4 Å². The Morgan fingerprint density at radius 3 is 2.93 bits per heavy atom. The Morgan fingerprint density at radius 2 is 2.17 bits per heavy atom. The lowest BCUT2D eigenvalue weighted by Gasteiger charge is -2.20. The monoisotopic (exact) mass is 416 g/mol. The van der Waals surface area contributed by atoms with E-state index in [-0.39, 0.29) is 11.9 Å². The summed E-state index contributed by atoms with van der Waals surface area (Å²) < 4.78 is 18.8. The third-order valence-corrected chi connectivity index (χ3v) is 5.54. The molecule has 0 unspecified atom stereocenters. The molecule has 1 fully saturated rings. The van der Waals surface area contributed by atoms with E-state index in [0.29, 0.717) is 22.7 Å². The molecular weight excluding hydrogens is 393 g/mol. The minimum Gasteiger partial charge on any atom is -0.391 e. The number of benzene rings is 1. The van der Waals surface area contributed by atoms with Gasteiger partial charge < -0.3 is 20.5 Å². The molecule has 1 aliphatic heterocycles. The second-order valence-corrected chi connectivity index (χ2v) is 7.75. The summed E-state index contributed by atoms with van der Waals surface area (Å²) in [5.41, 5.74) is 7.83. The Labute approximate surface area is 173 Å². The molecule has 3 heterocycles. The van der Waals surface area contributed by atoms with Crippen LogP contribution in [0.15, 0.2) is 48.0 Å². The van der Waals surface area contributed by atoms with Gasteiger partial charge in [0.25, 0.3) is 0 Å². The van der Waals surface area contributed by atoms with Crippen molar-refractivity contribution >= 4 is 28.3 Å². The fourth-order valence-electron chi connectivity index (χ4n) is 3.52. The van der Waals surface area contributed by atoms with Crippen LogP contribution in [0.25, 0.3) is 10.9 Å². The minimum atomic E-state index is -0.422. The molecule has 1 aromatic carbocycles. The molecule has 3 N–H and O–H groups in total. The zero-order valence-corrected chi connectivity index (χ0v) is 17.0. The van der Waals surface area contributed by atoms with Gasteiger partial charge in [0.15, 0.2) is 18.2 Å². The van der Waals surface area contributed by atoms with Crippen molar-refractivity contribution < 1.29 is 13.8 Å². The van der Waals surface area contributed by atoms with Crippen LogP contribution in [0.2, 0.25) is 5.02 Å². The van der Waals surface area contributed by atoms with Crippen molar-refractivity contribution in [2.45, 2.75) is 25.5 Å². The Bertz CT molecular complexity index is 1040. The lowest BCUT2D eigenvalue weighted by molar-refractivity contribution is -0.670. The van der Waals surface area contributed by atoms with Crippen LogP contribution < -0.4 is 15.6 Å². The standard InChI is InChI=1S/C21H24ClFN5O/c1-27-8-4-14-5-9-28(20(14)13-27)12-17-18(22)10-15(11-19(17)23)21(24)26-29-16-2-6-25-7-3-16/h4-5,8-11,13,16,25H,2-3,6-7,12H2,1H3,(H2,24,26)/q+1. The molecule has 0 radical (unpaired) electrons. The van der Waals surface area contributed by atoms with E-state index in [4.69, 9.17) is 22.2 Å². The number of hydrogen-bond donors (Lipinski definition) is 2. The van der Waals surface area contributed by atoms with Crippen LogP contribution in [0.5, 0.6) is 0 Å². The van der Waals surface area contributed by atoms with Gasteiger partial charge in [-0.15, -0.1) is 0 Å². The van der Waals surface area contributed by atoms with Crippen molar-refractivity contribution in [1.82, 2.24) is 9.88 Å². The van der Waals surface area contributed by atoms with E-state index in [0.717, 1.165) is 36.8 Å². The maximum Gasteiger partial charge on any atom is 0.193 e. The number of aromatic nitrogens is 2. The third-order valence-electron chi connectivity index (χ3n) is 5.21. The Morgan fingerprint density at radius 1 is 1.38 bits per heavy atom. The molecule has 0 spiro atoms. The summed E-state index contributed by atoms with van der Waals surface area (Å²) in [6, 6.07) is 7.01. The van der Waals surface area contributed by atoms with Crippen molar-refractivity contribution in [3.05, 3.63) is 64.8 Å². The van der Waals surface area contributed by atoms with Gasteiger partial charge in [-0.2, -0.15) is 0 Å². The Kier molecular flexibility index (Phi) is 5.69. The molecule has 152 valence electrons. The highest BCUT2D eigenvalue weighted by Gasteiger charge is 2.16. The highest BCUT2D eigenvalue weighted by molar-refractivity contribution is 6.31. The van der Waals surface area contributed by atoms with Crippen LogP contribution >= 0.6 is 11.6 Å². The number of nitrogens with one attached hydrogen (secondary N) is 1. The predicted octanol–water partition coefficient (Wildman–Crippen LogP) is 2.70. The molecule has 0 amide bonds. The maximum atomic E-state index is 14.9. The Hall–Kier alpha value is -2.64. The summed E-state index contributed by atoms with van der Waals surface area (Å²) in [6.07, 6.45) is 7.66. The summed E-state index contributed by atoms with van der Waals surface area (Å²) in [5, 5.41) is 8.64. The molecule has 3 aromatic rings. The van der Waals surface area contributed by atoms with Gasteiger partial charge >= 0.3 is 0 Å². The molecule has 0 saturated carbocycles. The summed E-state index contributed by atoms with van der Waals surface area (Å²) in [4.78, 5) is 5.50. The first-order chi connectivity index (χ1) is 14.0. The van der Waals surface area contributed by atoms with Crippen LogP contribution in [-0.4, -0.2) is 29.6 Å². The number of nitrogens with two attached hydrogens (primary N) is 1. The van der Waals surface area contributed by atoms with Gasteiger partial charge in [-0.3, -0.25) is 0 Å². The number of oxime groups is 1. The van der Waals surface area contributed by atoms with Crippen LogP contribution in [0.1, 0.15) is 24.0 Å². The highest BCUT2D eigenvalue weighted by Crippen LogP contribution is 2.25. The number of pyridine rings is 1. The molecule has 2 aromatic heterocycles. The smallest absolute Gasteiger partial charge is 0.193 e. The fraction of sp³-hybridized carbons (Fsp3) is 0.333. The summed E-state index contributed by atoms with van der Waals surface area (Å²) >= 11 is 6.41. The maximum absolute atomic E-state index is 14.9. The van der Waals surface area contributed by atoms with E-state index in [2.05, 4.69) is 10.5 Å². The predicted molar refractivity (Wildman–Crippen MR) is 111 cm³/mol. The first-order valence-corrected chi connectivity index (χ1v) is 10.0. The lowest BCUT2D eigenvalue weighted by Crippen LogP contribution is -2.32. The molecule has 1 saturated heterocycles. The van der Waals surface area contributed by atoms with E-state index in [9.17, 15) is 4.39 Å². The van der Waals surface area contributed by atoms with E-state index in [1.807, 2.05) is 46.9 Å².